The van der Waals surface area contributed by atoms with E-state index < -0.39 is 5.60 Å². The van der Waals surface area contributed by atoms with Gasteiger partial charge in [-0.3, -0.25) is 0 Å². The number of nitriles is 1. The lowest BCUT2D eigenvalue weighted by Gasteiger charge is -2.45. The largest absolute Gasteiger partial charge is 0.444 e. The van der Waals surface area contributed by atoms with E-state index in [-0.39, 0.29) is 18.2 Å². The Labute approximate surface area is 152 Å². The molecule has 0 N–H and O–H groups in total. The van der Waals surface area contributed by atoms with Gasteiger partial charge in [0, 0.05) is 35.3 Å². The van der Waals surface area contributed by atoms with E-state index >= 15 is 0 Å². The molecule has 2 rings (SSSR count). The molecule has 1 amide bonds. The molecule has 1 heterocycles. The molecule has 0 bridgehead atoms. The predicted molar refractivity (Wildman–Crippen MR) is 98.1 cm³/mol. The summed E-state index contributed by atoms with van der Waals surface area (Å²) in [6.07, 6.45) is -0.262. The second-order valence-electron chi connectivity index (χ2n) is 7.26. The van der Waals surface area contributed by atoms with E-state index in [4.69, 9.17) is 10.00 Å². The Kier molecular flexibility index (Phi) is 5.44. The van der Waals surface area contributed by atoms with E-state index in [1.165, 1.54) is 0 Å². The van der Waals surface area contributed by atoms with Crippen molar-refractivity contribution in [3.63, 3.8) is 0 Å². The monoisotopic (exact) mass is 393 g/mol. The van der Waals surface area contributed by atoms with Crippen molar-refractivity contribution >= 4 is 27.7 Å². The van der Waals surface area contributed by atoms with Gasteiger partial charge in [-0.15, -0.1) is 0 Å². The molecule has 0 radical (unpaired) electrons. The number of halogens is 1. The molecule has 24 heavy (non-hydrogen) atoms. The van der Waals surface area contributed by atoms with Crippen molar-refractivity contribution in [3.8, 4) is 6.07 Å². The zero-order valence-corrected chi connectivity index (χ0v) is 16.4. The number of benzene rings is 1. The maximum atomic E-state index is 12.4. The summed E-state index contributed by atoms with van der Waals surface area (Å²) in [4.78, 5) is 16.5. The van der Waals surface area contributed by atoms with Gasteiger partial charge in [-0.2, -0.15) is 5.26 Å². The van der Waals surface area contributed by atoms with Crippen LogP contribution in [0, 0.1) is 11.3 Å². The first-order valence-electron chi connectivity index (χ1n) is 8.08. The third kappa shape index (κ3) is 4.21. The second-order valence-corrected chi connectivity index (χ2v) is 8.11. The molecule has 0 unspecified atom stereocenters. The molecule has 0 saturated carbocycles. The van der Waals surface area contributed by atoms with Gasteiger partial charge in [-0.05, 0) is 68.7 Å². The van der Waals surface area contributed by atoms with Gasteiger partial charge in [0.15, 0.2) is 0 Å². The van der Waals surface area contributed by atoms with Crippen molar-refractivity contribution in [2.75, 3.05) is 18.0 Å². The summed E-state index contributed by atoms with van der Waals surface area (Å²) >= 11 is 3.44. The summed E-state index contributed by atoms with van der Waals surface area (Å²) in [5.41, 5.74) is 1.17. The summed E-state index contributed by atoms with van der Waals surface area (Å²) < 4.78 is 6.30. The maximum Gasteiger partial charge on any atom is 0.410 e. The number of nitrogens with zero attached hydrogens (tertiary/aromatic N) is 3. The van der Waals surface area contributed by atoms with Crippen LogP contribution in [0.5, 0.6) is 0 Å². The molecule has 1 aliphatic heterocycles. The van der Waals surface area contributed by atoms with E-state index in [1.807, 2.05) is 45.9 Å². The number of rotatable bonds is 1. The molecular formula is C18H24BrN3O2. The van der Waals surface area contributed by atoms with Crippen molar-refractivity contribution in [1.82, 2.24) is 4.90 Å². The summed E-state index contributed by atoms with van der Waals surface area (Å²) in [6.45, 7) is 11.1. The van der Waals surface area contributed by atoms with Crippen LogP contribution in [0.25, 0.3) is 0 Å². The number of anilines is 1. The molecule has 0 spiro atoms. The SMILES string of the molecule is C[C@@H]1CN(c2ccc(C#N)c(Br)c2)[C@@H](C)CN1C(=O)OC(C)(C)C. The van der Waals surface area contributed by atoms with Crippen LogP contribution in [0.4, 0.5) is 10.5 Å². The number of hydrogen-bond donors (Lipinski definition) is 0. The van der Waals surface area contributed by atoms with E-state index in [9.17, 15) is 4.79 Å². The van der Waals surface area contributed by atoms with Gasteiger partial charge in [-0.25, -0.2) is 4.79 Å². The fourth-order valence-electron chi connectivity index (χ4n) is 2.83. The van der Waals surface area contributed by atoms with Gasteiger partial charge in [0.25, 0.3) is 0 Å². The van der Waals surface area contributed by atoms with Crippen molar-refractivity contribution < 1.29 is 9.53 Å². The smallest absolute Gasteiger partial charge is 0.410 e. The lowest BCUT2D eigenvalue weighted by Crippen LogP contribution is -2.59. The van der Waals surface area contributed by atoms with E-state index in [0.717, 1.165) is 16.7 Å². The normalized spacial score (nSPS) is 21.4. The first kappa shape index (κ1) is 18.6. The van der Waals surface area contributed by atoms with Crippen LogP contribution >= 0.6 is 15.9 Å². The van der Waals surface area contributed by atoms with Gasteiger partial charge in [0.05, 0.1) is 5.56 Å². The average molecular weight is 394 g/mol. The molecule has 1 aromatic carbocycles. The topological polar surface area (TPSA) is 56.6 Å². The van der Waals surface area contributed by atoms with Gasteiger partial charge < -0.3 is 14.5 Å². The molecule has 0 aliphatic carbocycles. The molecule has 5 nitrogen and oxygen atoms in total. The van der Waals surface area contributed by atoms with Gasteiger partial charge in [-0.1, -0.05) is 0 Å². The first-order valence-corrected chi connectivity index (χ1v) is 8.87. The van der Waals surface area contributed by atoms with Crippen molar-refractivity contribution in [1.29, 1.82) is 5.26 Å². The Bertz CT molecular complexity index is 663. The average Bonchev–Trinajstić information content (AvgIpc) is 2.47. The zero-order chi connectivity index (χ0) is 18.1. The van der Waals surface area contributed by atoms with Crippen molar-refractivity contribution in [3.05, 3.63) is 28.2 Å². The number of piperazine rings is 1. The first-order chi connectivity index (χ1) is 11.1. The molecule has 1 aliphatic rings. The number of ether oxygens (including phenoxy) is 1. The third-order valence-corrected chi connectivity index (χ3v) is 4.67. The van der Waals surface area contributed by atoms with Crippen LogP contribution in [0.3, 0.4) is 0 Å². The minimum Gasteiger partial charge on any atom is -0.444 e. The van der Waals surface area contributed by atoms with Crippen LogP contribution in [-0.4, -0.2) is 41.8 Å². The molecule has 1 saturated heterocycles. The fraction of sp³-hybridized carbons (Fsp3) is 0.556. The van der Waals surface area contributed by atoms with Crippen LogP contribution in [0.15, 0.2) is 22.7 Å². The predicted octanol–water partition coefficient (Wildman–Crippen LogP) is 4.15. The highest BCUT2D eigenvalue weighted by molar-refractivity contribution is 9.10. The highest BCUT2D eigenvalue weighted by atomic mass is 79.9. The molecule has 1 aromatic rings. The van der Waals surface area contributed by atoms with Crippen LogP contribution in [0.2, 0.25) is 0 Å². The molecular weight excluding hydrogens is 370 g/mol. The number of carbonyl (C=O) groups excluding carboxylic acids is 1. The van der Waals surface area contributed by atoms with Crippen molar-refractivity contribution in [2.24, 2.45) is 0 Å². The number of amides is 1. The van der Waals surface area contributed by atoms with Crippen LogP contribution in [-0.2, 0) is 4.74 Å². The molecule has 6 heteroatoms. The number of carbonyl (C=O) groups is 1. The molecule has 0 aromatic heterocycles. The Morgan fingerprint density at radius 2 is 1.96 bits per heavy atom. The van der Waals surface area contributed by atoms with Gasteiger partial charge in [0.2, 0.25) is 0 Å². The molecule has 130 valence electrons. The minimum atomic E-state index is -0.491. The summed E-state index contributed by atoms with van der Waals surface area (Å²) in [5.74, 6) is 0. The summed E-state index contributed by atoms with van der Waals surface area (Å²) in [6, 6.07) is 8.10. The Morgan fingerprint density at radius 3 is 2.50 bits per heavy atom. The Morgan fingerprint density at radius 1 is 1.29 bits per heavy atom. The second kappa shape index (κ2) is 7.02. The lowest BCUT2D eigenvalue weighted by atomic mass is 10.1. The van der Waals surface area contributed by atoms with E-state index in [1.54, 1.807) is 4.90 Å². The zero-order valence-electron chi connectivity index (χ0n) is 14.8. The van der Waals surface area contributed by atoms with Crippen molar-refractivity contribution in [2.45, 2.75) is 52.3 Å². The number of hydrogen-bond acceptors (Lipinski definition) is 4. The third-order valence-electron chi connectivity index (χ3n) is 4.02. The van der Waals surface area contributed by atoms with Gasteiger partial charge in [0.1, 0.15) is 11.7 Å². The maximum absolute atomic E-state index is 12.4. The minimum absolute atomic E-state index is 0.0467. The fourth-order valence-corrected chi connectivity index (χ4v) is 3.29. The van der Waals surface area contributed by atoms with Crippen LogP contribution < -0.4 is 4.90 Å². The highest BCUT2D eigenvalue weighted by Gasteiger charge is 2.34. The standard InChI is InChI=1S/C18H24BrN3O2/c1-12-11-22(17(23)24-18(3,4)5)13(2)10-21(12)15-7-6-14(9-20)16(19)8-15/h6-8,12-13H,10-11H2,1-5H3/t12-,13+/m0/s1. The Hall–Kier alpha value is -1.74. The van der Waals surface area contributed by atoms with E-state index in [0.29, 0.717) is 12.1 Å². The van der Waals surface area contributed by atoms with Gasteiger partial charge >= 0.3 is 6.09 Å². The lowest BCUT2D eigenvalue weighted by molar-refractivity contribution is 0.0130. The molecule has 1 fully saturated rings. The Balaban J connectivity index is 2.15. The quantitative estimate of drug-likeness (QED) is 0.718. The highest BCUT2D eigenvalue weighted by Crippen LogP contribution is 2.28. The molecule has 2 atom stereocenters. The van der Waals surface area contributed by atoms with Crippen LogP contribution in [0.1, 0.15) is 40.2 Å². The summed E-state index contributed by atoms with van der Waals surface area (Å²) in [5, 5.41) is 9.05. The summed E-state index contributed by atoms with van der Waals surface area (Å²) in [7, 11) is 0. The van der Waals surface area contributed by atoms with E-state index in [2.05, 4.69) is 33.8 Å².